The van der Waals surface area contributed by atoms with Crippen molar-refractivity contribution in [2.24, 2.45) is 4.99 Å². The highest BCUT2D eigenvalue weighted by Crippen LogP contribution is 2.14. The third-order valence-electron chi connectivity index (χ3n) is 4.32. The van der Waals surface area contributed by atoms with Crippen molar-refractivity contribution in [2.45, 2.75) is 30.0 Å². The van der Waals surface area contributed by atoms with Crippen molar-refractivity contribution in [1.82, 2.24) is 20.3 Å². The van der Waals surface area contributed by atoms with Gasteiger partial charge in [-0.15, -0.1) is 11.3 Å². The molecule has 0 atom stereocenters. The van der Waals surface area contributed by atoms with Crippen LogP contribution in [0, 0.1) is 0 Å². The molecule has 8 nitrogen and oxygen atoms in total. The number of hydrogen-bond donors (Lipinski definition) is 3. The molecule has 0 aliphatic carbocycles. The first-order valence-electron chi connectivity index (χ1n) is 9.34. The zero-order chi connectivity index (χ0) is 19.5. The summed E-state index contributed by atoms with van der Waals surface area (Å²) in [4.78, 5) is 6.91. The second-order valence-electron chi connectivity index (χ2n) is 6.34. The molecule has 3 N–H and O–H groups in total. The number of piperidine rings is 1. The summed E-state index contributed by atoms with van der Waals surface area (Å²) in [6.45, 7) is 7.26. The standard InChI is InChI=1S/C17H31N5O3S2/c1-3-18-17(21-15-6-10-22(11-7-15)12-13-25-2)19-8-9-20-27(23,24)16-5-4-14-26-16/h4-5,14-15,20H,3,6-13H2,1-2H3,(H2,18,19,21). The zero-order valence-corrected chi connectivity index (χ0v) is 17.7. The number of rotatable bonds is 10. The Bertz CT molecular complexity index is 656. The maximum Gasteiger partial charge on any atom is 0.250 e. The van der Waals surface area contributed by atoms with Crippen LogP contribution in [0.2, 0.25) is 0 Å². The molecule has 1 aliphatic rings. The lowest BCUT2D eigenvalue weighted by Gasteiger charge is -2.32. The van der Waals surface area contributed by atoms with Crippen LogP contribution in [0.4, 0.5) is 0 Å². The van der Waals surface area contributed by atoms with Gasteiger partial charge in [0.05, 0.1) is 13.2 Å². The number of thiophene rings is 1. The van der Waals surface area contributed by atoms with Crippen LogP contribution in [0.25, 0.3) is 0 Å². The zero-order valence-electron chi connectivity index (χ0n) is 16.1. The van der Waals surface area contributed by atoms with Gasteiger partial charge in [0.15, 0.2) is 5.96 Å². The molecular weight excluding hydrogens is 386 g/mol. The summed E-state index contributed by atoms with van der Waals surface area (Å²) in [5.41, 5.74) is 0. The molecular formula is C17H31N5O3S2. The average Bonchev–Trinajstić information content (AvgIpc) is 3.20. The van der Waals surface area contributed by atoms with Crippen LogP contribution in [-0.4, -0.2) is 78.3 Å². The van der Waals surface area contributed by atoms with Gasteiger partial charge in [-0.25, -0.2) is 13.1 Å². The van der Waals surface area contributed by atoms with E-state index in [9.17, 15) is 8.42 Å². The van der Waals surface area contributed by atoms with Gasteiger partial charge >= 0.3 is 0 Å². The molecule has 0 amide bonds. The highest BCUT2D eigenvalue weighted by atomic mass is 32.2. The molecule has 154 valence electrons. The predicted octanol–water partition coefficient (Wildman–Crippen LogP) is 0.692. The lowest BCUT2D eigenvalue weighted by Crippen LogP contribution is -2.49. The first-order chi connectivity index (χ1) is 13.0. The van der Waals surface area contributed by atoms with Crippen LogP contribution in [0.15, 0.2) is 26.7 Å². The molecule has 0 bridgehead atoms. The van der Waals surface area contributed by atoms with Gasteiger partial charge in [-0.2, -0.15) is 0 Å². The van der Waals surface area contributed by atoms with E-state index in [-0.39, 0.29) is 6.54 Å². The van der Waals surface area contributed by atoms with E-state index in [1.165, 1.54) is 11.3 Å². The molecule has 2 rings (SSSR count). The molecule has 0 radical (unpaired) electrons. The largest absolute Gasteiger partial charge is 0.383 e. The topological polar surface area (TPSA) is 95.1 Å². The molecule has 0 aromatic carbocycles. The van der Waals surface area contributed by atoms with Crippen molar-refractivity contribution in [1.29, 1.82) is 0 Å². The maximum absolute atomic E-state index is 12.1. The lowest BCUT2D eigenvalue weighted by atomic mass is 10.1. The Labute approximate surface area is 166 Å². The van der Waals surface area contributed by atoms with E-state index < -0.39 is 10.0 Å². The van der Waals surface area contributed by atoms with Crippen LogP contribution in [0.1, 0.15) is 19.8 Å². The normalized spacial score (nSPS) is 17.2. The summed E-state index contributed by atoms with van der Waals surface area (Å²) in [5, 5.41) is 8.45. The highest BCUT2D eigenvalue weighted by Gasteiger charge is 2.19. The predicted molar refractivity (Wildman–Crippen MR) is 110 cm³/mol. The number of guanidine groups is 1. The fourth-order valence-corrected chi connectivity index (χ4v) is 4.93. The van der Waals surface area contributed by atoms with Gasteiger partial charge in [-0.1, -0.05) is 6.07 Å². The average molecular weight is 418 g/mol. The van der Waals surface area contributed by atoms with Gasteiger partial charge in [0.2, 0.25) is 10.0 Å². The minimum Gasteiger partial charge on any atom is -0.383 e. The molecule has 2 heterocycles. The Morgan fingerprint density at radius 2 is 2.19 bits per heavy atom. The van der Waals surface area contributed by atoms with E-state index in [2.05, 4.69) is 25.2 Å². The van der Waals surface area contributed by atoms with Crippen LogP contribution in [-0.2, 0) is 14.8 Å². The molecule has 27 heavy (non-hydrogen) atoms. The number of aliphatic imine (C=N–C) groups is 1. The molecule has 10 heteroatoms. The minimum absolute atomic E-state index is 0.270. The molecule has 1 aliphatic heterocycles. The first-order valence-corrected chi connectivity index (χ1v) is 11.7. The summed E-state index contributed by atoms with van der Waals surface area (Å²) in [6, 6.07) is 3.70. The van der Waals surface area contributed by atoms with E-state index in [0.29, 0.717) is 16.8 Å². The van der Waals surface area contributed by atoms with Gasteiger partial charge in [0.25, 0.3) is 0 Å². The quantitative estimate of drug-likeness (QED) is 0.295. The summed E-state index contributed by atoms with van der Waals surface area (Å²) >= 11 is 1.21. The van der Waals surface area contributed by atoms with E-state index >= 15 is 0 Å². The Morgan fingerprint density at radius 3 is 2.81 bits per heavy atom. The number of nitrogens with zero attached hydrogens (tertiary/aromatic N) is 2. The summed E-state index contributed by atoms with van der Waals surface area (Å²) < 4.78 is 32.2. The van der Waals surface area contributed by atoms with Crippen LogP contribution in [0.3, 0.4) is 0 Å². The van der Waals surface area contributed by atoms with Crippen molar-refractivity contribution in [2.75, 3.05) is 53.0 Å². The fraction of sp³-hybridized carbons (Fsp3) is 0.706. The number of ether oxygens (including phenoxy) is 1. The van der Waals surface area contributed by atoms with Crippen LogP contribution in [0.5, 0.6) is 0 Å². The summed E-state index contributed by atoms with van der Waals surface area (Å²) in [6.07, 6.45) is 2.11. The van der Waals surface area contributed by atoms with Gasteiger partial charge in [0.1, 0.15) is 4.21 Å². The molecule has 0 spiro atoms. The first kappa shape index (κ1) is 22.1. The van der Waals surface area contributed by atoms with E-state index in [1.807, 2.05) is 6.92 Å². The molecule has 1 fully saturated rings. The van der Waals surface area contributed by atoms with E-state index in [1.54, 1.807) is 24.6 Å². The molecule has 0 saturated carbocycles. The molecule has 0 unspecified atom stereocenters. The number of sulfonamides is 1. The third-order valence-corrected chi connectivity index (χ3v) is 7.18. The lowest BCUT2D eigenvalue weighted by molar-refractivity contribution is 0.128. The summed E-state index contributed by atoms with van der Waals surface area (Å²) in [5.74, 6) is 0.739. The number of likely N-dealkylation sites (tertiary alicyclic amines) is 1. The summed E-state index contributed by atoms with van der Waals surface area (Å²) in [7, 11) is -1.70. The van der Waals surface area contributed by atoms with Crippen molar-refractivity contribution >= 4 is 27.3 Å². The van der Waals surface area contributed by atoms with Crippen LogP contribution >= 0.6 is 11.3 Å². The monoisotopic (exact) mass is 417 g/mol. The Morgan fingerprint density at radius 1 is 1.41 bits per heavy atom. The second-order valence-corrected chi connectivity index (χ2v) is 9.29. The highest BCUT2D eigenvalue weighted by molar-refractivity contribution is 7.91. The van der Waals surface area contributed by atoms with Crippen molar-refractivity contribution in [3.63, 3.8) is 0 Å². The number of methoxy groups -OCH3 is 1. The third kappa shape index (κ3) is 7.74. The van der Waals surface area contributed by atoms with Crippen LogP contribution < -0.4 is 15.4 Å². The number of nitrogens with one attached hydrogen (secondary N) is 3. The van der Waals surface area contributed by atoms with Gasteiger partial charge in [-0.05, 0) is 31.2 Å². The smallest absolute Gasteiger partial charge is 0.250 e. The van der Waals surface area contributed by atoms with Crippen molar-refractivity contribution in [3.05, 3.63) is 17.5 Å². The van der Waals surface area contributed by atoms with Crippen molar-refractivity contribution in [3.8, 4) is 0 Å². The Balaban J connectivity index is 1.76. The SMILES string of the molecule is CCNC(=NCCNS(=O)(=O)c1cccs1)NC1CCN(CCOC)CC1. The fourth-order valence-electron chi connectivity index (χ4n) is 2.87. The Kier molecular flexibility index (Phi) is 9.49. The van der Waals surface area contributed by atoms with Gasteiger partial charge in [-0.3, -0.25) is 4.99 Å². The van der Waals surface area contributed by atoms with E-state index in [4.69, 9.17) is 4.74 Å². The Hall–Kier alpha value is -1.20. The molecule has 1 saturated heterocycles. The molecule has 1 aromatic heterocycles. The van der Waals surface area contributed by atoms with Gasteiger partial charge < -0.3 is 20.3 Å². The maximum atomic E-state index is 12.1. The number of hydrogen-bond acceptors (Lipinski definition) is 6. The van der Waals surface area contributed by atoms with Crippen molar-refractivity contribution < 1.29 is 13.2 Å². The second kappa shape index (κ2) is 11.6. The van der Waals surface area contributed by atoms with Gasteiger partial charge in [0, 0.05) is 45.9 Å². The van der Waals surface area contributed by atoms with E-state index in [0.717, 1.165) is 51.6 Å². The minimum atomic E-state index is -3.43. The molecule has 1 aromatic rings.